The minimum atomic E-state index is -0.326. The fraction of sp³-hybridized carbons (Fsp3) is 0.250. The first-order chi connectivity index (χ1) is 12.6. The molecule has 0 aliphatic heterocycles. The normalized spacial score (nSPS) is 11.9. The molecule has 0 fully saturated rings. The van der Waals surface area contributed by atoms with E-state index in [1.54, 1.807) is 18.2 Å². The van der Waals surface area contributed by atoms with Crippen LogP contribution in [0.15, 0.2) is 70.1 Å². The Morgan fingerprint density at radius 3 is 2.69 bits per heavy atom. The number of hydrogen-bond acceptors (Lipinski definition) is 4. The molecule has 0 saturated heterocycles. The molecule has 26 heavy (non-hydrogen) atoms. The number of carbonyl (C=O) groups excluding carboxylic acids is 1. The molecule has 0 bridgehead atoms. The van der Waals surface area contributed by atoms with Crippen LogP contribution in [0.4, 0.5) is 0 Å². The maximum Gasteiger partial charge on any atom is 0.267 e. The molecule has 3 aromatic rings. The van der Waals surface area contributed by atoms with Gasteiger partial charge < -0.3 is 9.73 Å². The first kappa shape index (κ1) is 17.7. The first-order valence-electron chi connectivity index (χ1n) is 8.57. The second-order valence-electron chi connectivity index (χ2n) is 6.18. The molecule has 0 unspecified atom stereocenters. The number of amides is 1. The van der Waals surface area contributed by atoms with E-state index >= 15 is 0 Å². The molecule has 0 aliphatic rings. The number of nitrogens with zero attached hydrogens (tertiary/aromatic N) is 2. The molecule has 1 amide bonds. The standard InChI is InChI=1S/C20H21N3O3/c1-15(9-10-16-6-3-2-4-7-16)21-19(24)14-23-20(25)12-11-17(22-23)18-8-5-13-26-18/h2-8,11-13,15H,9-10,14H2,1H3,(H,21,24)/t15-/m0/s1. The summed E-state index contributed by atoms with van der Waals surface area (Å²) in [6.45, 7) is 1.83. The van der Waals surface area contributed by atoms with E-state index in [9.17, 15) is 9.59 Å². The fourth-order valence-corrected chi connectivity index (χ4v) is 2.67. The van der Waals surface area contributed by atoms with E-state index in [1.807, 2.05) is 25.1 Å². The van der Waals surface area contributed by atoms with Crippen molar-refractivity contribution in [2.75, 3.05) is 0 Å². The van der Waals surface area contributed by atoms with Crippen molar-refractivity contribution in [1.82, 2.24) is 15.1 Å². The van der Waals surface area contributed by atoms with Crippen LogP contribution in [-0.4, -0.2) is 21.7 Å². The summed E-state index contributed by atoms with van der Waals surface area (Å²) in [6, 6.07) is 16.6. The monoisotopic (exact) mass is 351 g/mol. The highest BCUT2D eigenvalue weighted by Crippen LogP contribution is 2.15. The van der Waals surface area contributed by atoms with Crippen LogP contribution in [0.2, 0.25) is 0 Å². The number of nitrogens with one attached hydrogen (secondary N) is 1. The lowest BCUT2D eigenvalue weighted by molar-refractivity contribution is -0.122. The molecule has 6 nitrogen and oxygen atoms in total. The molecule has 2 heterocycles. The smallest absolute Gasteiger partial charge is 0.267 e. The van der Waals surface area contributed by atoms with Crippen molar-refractivity contribution in [2.24, 2.45) is 0 Å². The topological polar surface area (TPSA) is 77.1 Å². The van der Waals surface area contributed by atoms with Gasteiger partial charge in [-0.2, -0.15) is 5.10 Å². The summed E-state index contributed by atoms with van der Waals surface area (Å²) in [7, 11) is 0. The molecule has 2 aromatic heterocycles. The zero-order chi connectivity index (χ0) is 18.4. The zero-order valence-electron chi connectivity index (χ0n) is 14.6. The Morgan fingerprint density at radius 2 is 1.96 bits per heavy atom. The molecule has 1 atom stereocenters. The lowest BCUT2D eigenvalue weighted by Gasteiger charge is -2.14. The highest BCUT2D eigenvalue weighted by Gasteiger charge is 2.11. The van der Waals surface area contributed by atoms with Gasteiger partial charge in [-0.05, 0) is 43.5 Å². The molecule has 1 aromatic carbocycles. The molecular weight excluding hydrogens is 330 g/mol. The summed E-state index contributed by atoms with van der Waals surface area (Å²) < 4.78 is 6.43. The van der Waals surface area contributed by atoms with Gasteiger partial charge in [-0.15, -0.1) is 0 Å². The zero-order valence-corrected chi connectivity index (χ0v) is 14.6. The van der Waals surface area contributed by atoms with E-state index in [0.29, 0.717) is 11.5 Å². The van der Waals surface area contributed by atoms with Gasteiger partial charge in [0.15, 0.2) is 5.76 Å². The van der Waals surface area contributed by atoms with Crippen molar-refractivity contribution in [2.45, 2.75) is 32.4 Å². The maximum atomic E-state index is 12.2. The van der Waals surface area contributed by atoms with E-state index in [0.717, 1.165) is 17.5 Å². The van der Waals surface area contributed by atoms with Crippen molar-refractivity contribution in [3.63, 3.8) is 0 Å². The highest BCUT2D eigenvalue weighted by molar-refractivity contribution is 5.75. The van der Waals surface area contributed by atoms with Crippen LogP contribution in [0.3, 0.4) is 0 Å². The Hall–Kier alpha value is -3.15. The third kappa shape index (κ3) is 4.69. The van der Waals surface area contributed by atoms with Gasteiger partial charge in [0.05, 0.1) is 6.26 Å². The van der Waals surface area contributed by atoms with Gasteiger partial charge in [0.25, 0.3) is 5.56 Å². The van der Waals surface area contributed by atoms with Gasteiger partial charge in [-0.3, -0.25) is 9.59 Å². The van der Waals surface area contributed by atoms with Crippen molar-refractivity contribution in [3.05, 3.63) is 76.8 Å². The third-order valence-corrected chi connectivity index (χ3v) is 4.05. The molecule has 0 radical (unpaired) electrons. The predicted molar refractivity (Wildman–Crippen MR) is 98.6 cm³/mol. The van der Waals surface area contributed by atoms with Crippen LogP contribution >= 0.6 is 0 Å². The predicted octanol–water partition coefficient (Wildman–Crippen LogP) is 2.64. The number of carbonyl (C=O) groups is 1. The molecule has 6 heteroatoms. The van der Waals surface area contributed by atoms with Gasteiger partial charge in [-0.25, -0.2) is 4.68 Å². The van der Waals surface area contributed by atoms with Gasteiger partial charge >= 0.3 is 0 Å². The minimum absolute atomic E-state index is 0.00617. The van der Waals surface area contributed by atoms with E-state index < -0.39 is 0 Å². The second kappa shape index (κ2) is 8.29. The summed E-state index contributed by atoms with van der Waals surface area (Å²) in [4.78, 5) is 24.2. The van der Waals surface area contributed by atoms with Crippen LogP contribution in [0.25, 0.3) is 11.5 Å². The van der Waals surface area contributed by atoms with Crippen LogP contribution in [-0.2, 0) is 17.8 Å². The highest BCUT2D eigenvalue weighted by atomic mass is 16.3. The van der Waals surface area contributed by atoms with E-state index in [1.165, 1.54) is 17.9 Å². The lowest BCUT2D eigenvalue weighted by Crippen LogP contribution is -2.38. The molecule has 0 spiro atoms. The van der Waals surface area contributed by atoms with Crippen LogP contribution in [0.1, 0.15) is 18.9 Å². The maximum absolute atomic E-state index is 12.2. The van der Waals surface area contributed by atoms with Gasteiger partial charge in [-0.1, -0.05) is 30.3 Å². The summed E-state index contributed by atoms with van der Waals surface area (Å²) in [5, 5.41) is 7.12. The third-order valence-electron chi connectivity index (χ3n) is 4.05. The van der Waals surface area contributed by atoms with Gasteiger partial charge in [0.1, 0.15) is 12.2 Å². The Bertz CT molecular complexity index is 902. The lowest BCUT2D eigenvalue weighted by atomic mass is 10.1. The number of furan rings is 1. The van der Waals surface area contributed by atoms with Gasteiger partial charge in [0.2, 0.25) is 5.91 Å². The number of benzene rings is 1. The van der Waals surface area contributed by atoms with Crippen LogP contribution in [0.5, 0.6) is 0 Å². The van der Waals surface area contributed by atoms with E-state index in [2.05, 4.69) is 22.5 Å². The Labute approximate surface area is 151 Å². The summed E-state index contributed by atoms with van der Waals surface area (Å²) >= 11 is 0. The number of aryl methyl sites for hydroxylation is 1. The quantitative estimate of drug-likeness (QED) is 0.710. The van der Waals surface area contributed by atoms with Crippen molar-refractivity contribution in [3.8, 4) is 11.5 Å². The Morgan fingerprint density at radius 1 is 1.15 bits per heavy atom. The number of aromatic nitrogens is 2. The Kier molecular flexibility index (Phi) is 5.63. The fourth-order valence-electron chi connectivity index (χ4n) is 2.67. The molecule has 134 valence electrons. The molecule has 0 saturated carbocycles. The molecular formula is C20H21N3O3. The summed E-state index contributed by atoms with van der Waals surface area (Å²) in [6.07, 6.45) is 3.24. The Balaban J connectivity index is 1.57. The largest absolute Gasteiger partial charge is 0.463 e. The minimum Gasteiger partial charge on any atom is -0.463 e. The molecule has 1 N–H and O–H groups in total. The van der Waals surface area contributed by atoms with Crippen LogP contribution in [0, 0.1) is 0 Å². The van der Waals surface area contributed by atoms with E-state index in [4.69, 9.17) is 4.42 Å². The number of hydrogen-bond donors (Lipinski definition) is 1. The summed E-state index contributed by atoms with van der Waals surface area (Å²) in [5.41, 5.74) is 1.42. The van der Waals surface area contributed by atoms with Gasteiger partial charge in [0, 0.05) is 12.1 Å². The first-order valence-corrected chi connectivity index (χ1v) is 8.57. The van der Waals surface area contributed by atoms with Crippen molar-refractivity contribution in [1.29, 1.82) is 0 Å². The van der Waals surface area contributed by atoms with Crippen molar-refractivity contribution >= 4 is 5.91 Å². The summed E-state index contributed by atoms with van der Waals surface area (Å²) in [5.74, 6) is 0.312. The molecule has 3 rings (SSSR count). The average Bonchev–Trinajstić information content (AvgIpc) is 3.17. The molecule has 0 aliphatic carbocycles. The van der Waals surface area contributed by atoms with Crippen LogP contribution < -0.4 is 10.9 Å². The number of rotatable bonds is 7. The SMILES string of the molecule is C[C@@H](CCc1ccccc1)NC(=O)Cn1nc(-c2ccco2)ccc1=O. The van der Waals surface area contributed by atoms with E-state index in [-0.39, 0.29) is 24.1 Å². The second-order valence-corrected chi connectivity index (χ2v) is 6.18. The van der Waals surface area contributed by atoms with Crippen molar-refractivity contribution < 1.29 is 9.21 Å². The average molecular weight is 351 g/mol.